The molecule has 1 atom stereocenters. The van der Waals surface area contributed by atoms with Crippen molar-refractivity contribution in [3.8, 4) is 0 Å². The molecule has 1 saturated heterocycles. The van der Waals surface area contributed by atoms with E-state index < -0.39 is 0 Å². The monoisotopic (exact) mass is 428 g/mol. The molecule has 1 aliphatic rings. The van der Waals surface area contributed by atoms with Crippen molar-refractivity contribution < 1.29 is 4.79 Å². The molecule has 1 fully saturated rings. The summed E-state index contributed by atoms with van der Waals surface area (Å²) >= 11 is 2.05. The predicted molar refractivity (Wildman–Crippen MR) is 103 cm³/mol. The SMILES string of the molecule is CCC1CN(C(=NC)NCCNC(=O)C(C)C)CCS1.I. The van der Waals surface area contributed by atoms with Gasteiger partial charge in [0.1, 0.15) is 0 Å². The van der Waals surface area contributed by atoms with E-state index in [1.807, 2.05) is 32.7 Å². The standard InChI is InChI=1S/C14H28N4OS.HI/c1-5-12-10-18(8-9-20-12)14(15-4)17-7-6-16-13(19)11(2)3;/h11-12H,5-10H2,1-4H3,(H,15,17)(H,16,19);1H. The summed E-state index contributed by atoms with van der Waals surface area (Å²) in [6, 6.07) is 0. The van der Waals surface area contributed by atoms with Gasteiger partial charge in [-0.05, 0) is 6.42 Å². The number of carbonyl (C=O) groups is 1. The Labute approximate surface area is 150 Å². The molecule has 0 saturated carbocycles. The molecule has 0 aliphatic carbocycles. The highest BCUT2D eigenvalue weighted by atomic mass is 127. The lowest BCUT2D eigenvalue weighted by Gasteiger charge is -2.34. The molecule has 0 aromatic rings. The number of carbonyl (C=O) groups excluding carboxylic acids is 1. The van der Waals surface area contributed by atoms with Crippen LogP contribution in [-0.2, 0) is 4.79 Å². The number of hydrogen-bond acceptors (Lipinski definition) is 3. The number of halogens is 1. The first-order valence-corrected chi connectivity index (χ1v) is 8.48. The number of rotatable bonds is 5. The van der Waals surface area contributed by atoms with Gasteiger partial charge in [0.25, 0.3) is 0 Å². The van der Waals surface area contributed by atoms with Gasteiger partial charge in [0.15, 0.2) is 5.96 Å². The van der Waals surface area contributed by atoms with E-state index in [1.54, 1.807) is 0 Å². The number of nitrogens with zero attached hydrogens (tertiary/aromatic N) is 2. The van der Waals surface area contributed by atoms with Gasteiger partial charge in [0.05, 0.1) is 0 Å². The van der Waals surface area contributed by atoms with Crippen molar-refractivity contribution in [2.75, 3.05) is 39.0 Å². The lowest BCUT2D eigenvalue weighted by atomic mass is 10.2. The smallest absolute Gasteiger partial charge is 0.222 e. The van der Waals surface area contributed by atoms with Gasteiger partial charge in [-0.2, -0.15) is 11.8 Å². The molecule has 0 radical (unpaired) electrons. The molecular formula is C14H29IN4OS. The molecule has 0 spiro atoms. The van der Waals surface area contributed by atoms with Gasteiger partial charge in [0, 0.05) is 50.1 Å². The maximum atomic E-state index is 11.5. The van der Waals surface area contributed by atoms with E-state index in [1.165, 1.54) is 6.42 Å². The topological polar surface area (TPSA) is 56.7 Å². The van der Waals surface area contributed by atoms with E-state index in [9.17, 15) is 4.79 Å². The summed E-state index contributed by atoms with van der Waals surface area (Å²) in [7, 11) is 1.82. The zero-order valence-corrected chi connectivity index (χ0v) is 16.7. The van der Waals surface area contributed by atoms with E-state index in [0.717, 1.165) is 24.8 Å². The Kier molecular flexibility index (Phi) is 11.3. The maximum absolute atomic E-state index is 11.5. The van der Waals surface area contributed by atoms with Gasteiger partial charge >= 0.3 is 0 Å². The third-order valence-electron chi connectivity index (χ3n) is 3.34. The van der Waals surface area contributed by atoms with Gasteiger partial charge < -0.3 is 15.5 Å². The average molecular weight is 428 g/mol. The van der Waals surface area contributed by atoms with Crippen molar-refractivity contribution in [1.82, 2.24) is 15.5 Å². The molecule has 1 amide bonds. The first-order valence-electron chi connectivity index (χ1n) is 7.43. The zero-order chi connectivity index (χ0) is 15.0. The Hall–Kier alpha value is -0.180. The molecule has 124 valence electrons. The van der Waals surface area contributed by atoms with Crippen molar-refractivity contribution >= 4 is 47.6 Å². The average Bonchev–Trinajstić information content (AvgIpc) is 2.47. The predicted octanol–water partition coefficient (Wildman–Crippen LogP) is 1.78. The Morgan fingerprint density at radius 1 is 1.38 bits per heavy atom. The number of amides is 1. The highest BCUT2D eigenvalue weighted by Gasteiger charge is 2.21. The Morgan fingerprint density at radius 3 is 2.62 bits per heavy atom. The van der Waals surface area contributed by atoms with Crippen LogP contribution in [0.4, 0.5) is 0 Å². The van der Waals surface area contributed by atoms with Crippen molar-refractivity contribution in [2.24, 2.45) is 10.9 Å². The van der Waals surface area contributed by atoms with E-state index >= 15 is 0 Å². The minimum Gasteiger partial charge on any atom is -0.354 e. The van der Waals surface area contributed by atoms with Crippen LogP contribution in [0.25, 0.3) is 0 Å². The van der Waals surface area contributed by atoms with Gasteiger partial charge in [0.2, 0.25) is 5.91 Å². The molecule has 0 bridgehead atoms. The summed E-state index contributed by atoms with van der Waals surface area (Å²) < 4.78 is 0. The molecule has 1 rings (SSSR count). The van der Waals surface area contributed by atoms with Crippen LogP contribution >= 0.6 is 35.7 Å². The van der Waals surface area contributed by atoms with Crippen LogP contribution in [0.3, 0.4) is 0 Å². The summed E-state index contributed by atoms with van der Waals surface area (Å²) in [5.74, 6) is 2.24. The third-order valence-corrected chi connectivity index (χ3v) is 4.71. The second kappa shape index (κ2) is 11.4. The van der Waals surface area contributed by atoms with E-state index in [0.29, 0.717) is 18.3 Å². The van der Waals surface area contributed by atoms with Crippen LogP contribution in [0.15, 0.2) is 4.99 Å². The summed E-state index contributed by atoms with van der Waals surface area (Å²) in [5, 5.41) is 6.93. The summed E-state index contributed by atoms with van der Waals surface area (Å²) in [5.41, 5.74) is 0. The van der Waals surface area contributed by atoms with Crippen LogP contribution in [-0.4, -0.2) is 61.0 Å². The molecule has 0 aromatic heterocycles. The largest absolute Gasteiger partial charge is 0.354 e. The number of hydrogen-bond donors (Lipinski definition) is 2. The van der Waals surface area contributed by atoms with E-state index in [-0.39, 0.29) is 35.8 Å². The fourth-order valence-electron chi connectivity index (χ4n) is 2.06. The fraction of sp³-hybridized carbons (Fsp3) is 0.857. The molecule has 1 heterocycles. The molecular weight excluding hydrogens is 399 g/mol. The quantitative estimate of drug-likeness (QED) is 0.304. The second-order valence-electron chi connectivity index (χ2n) is 5.27. The van der Waals surface area contributed by atoms with Gasteiger partial charge in [-0.1, -0.05) is 20.8 Å². The molecule has 21 heavy (non-hydrogen) atoms. The van der Waals surface area contributed by atoms with Crippen LogP contribution in [0, 0.1) is 5.92 Å². The Morgan fingerprint density at radius 2 is 2.05 bits per heavy atom. The zero-order valence-electron chi connectivity index (χ0n) is 13.5. The van der Waals surface area contributed by atoms with Gasteiger partial charge in [-0.25, -0.2) is 0 Å². The highest BCUT2D eigenvalue weighted by molar-refractivity contribution is 14.0. The fourth-order valence-corrected chi connectivity index (χ4v) is 3.24. The first-order chi connectivity index (χ1) is 9.58. The second-order valence-corrected chi connectivity index (χ2v) is 6.68. The van der Waals surface area contributed by atoms with Gasteiger partial charge in [-0.3, -0.25) is 9.79 Å². The molecule has 0 aromatic carbocycles. The molecule has 1 unspecified atom stereocenters. The minimum atomic E-state index is 0. The normalized spacial score (nSPS) is 19.2. The van der Waals surface area contributed by atoms with Crippen LogP contribution in [0.2, 0.25) is 0 Å². The Bertz CT molecular complexity index is 339. The molecule has 2 N–H and O–H groups in total. The van der Waals surface area contributed by atoms with Crippen molar-refractivity contribution in [3.63, 3.8) is 0 Å². The third kappa shape index (κ3) is 7.58. The number of guanidine groups is 1. The highest BCUT2D eigenvalue weighted by Crippen LogP contribution is 2.20. The van der Waals surface area contributed by atoms with E-state index in [4.69, 9.17) is 0 Å². The summed E-state index contributed by atoms with van der Waals surface area (Å²) in [4.78, 5) is 18.1. The van der Waals surface area contributed by atoms with Crippen molar-refractivity contribution in [2.45, 2.75) is 32.4 Å². The lowest BCUT2D eigenvalue weighted by Crippen LogP contribution is -2.49. The van der Waals surface area contributed by atoms with Crippen LogP contribution < -0.4 is 10.6 Å². The molecule has 1 aliphatic heterocycles. The van der Waals surface area contributed by atoms with Crippen LogP contribution in [0.1, 0.15) is 27.2 Å². The van der Waals surface area contributed by atoms with Crippen LogP contribution in [0.5, 0.6) is 0 Å². The maximum Gasteiger partial charge on any atom is 0.222 e. The number of nitrogens with one attached hydrogen (secondary N) is 2. The molecule has 5 nitrogen and oxygen atoms in total. The van der Waals surface area contributed by atoms with Crippen molar-refractivity contribution in [3.05, 3.63) is 0 Å². The van der Waals surface area contributed by atoms with Crippen molar-refractivity contribution in [1.29, 1.82) is 0 Å². The molecule has 7 heteroatoms. The first kappa shape index (κ1) is 20.8. The van der Waals surface area contributed by atoms with Gasteiger partial charge in [-0.15, -0.1) is 24.0 Å². The number of aliphatic imine (C=N–C) groups is 1. The van der Waals surface area contributed by atoms with E-state index in [2.05, 4.69) is 27.4 Å². The minimum absolute atomic E-state index is 0. The summed E-state index contributed by atoms with van der Waals surface area (Å²) in [6.45, 7) is 9.48. The number of thioether (sulfide) groups is 1. The summed E-state index contributed by atoms with van der Waals surface area (Å²) in [6.07, 6.45) is 1.20. The Balaban J connectivity index is 0.00000400. The lowest BCUT2D eigenvalue weighted by molar-refractivity contribution is -0.123.